The molecular formula is C34H32N4O10S2. The smallest absolute Gasteiger partial charge is 0.340 e. The van der Waals surface area contributed by atoms with E-state index in [4.69, 9.17) is 17.2 Å². The van der Waals surface area contributed by atoms with Crippen molar-refractivity contribution < 1.29 is 34.0 Å². The Kier molecular flexibility index (Phi) is 8.59. The van der Waals surface area contributed by atoms with E-state index < -0.39 is 31.4 Å². The molecule has 2 N–H and O–H groups in total. The van der Waals surface area contributed by atoms with Gasteiger partial charge in [-0.25, -0.2) is 10.2 Å². The van der Waals surface area contributed by atoms with Crippen molar-refractivity contribution in [2.24, 2.45) is 0 Å². The van der Waals surface area contributed by atoms with Crippen molar-refractivity contribution in [3.63, 3.8) is 0 Å². The van der Waals surface area contributed by atoms with Crippen LogP contribution in [-0.4, -0.2) is 37.2 Å². The molecule has 4 aromatic heterocycles. The van der Waals surface area contributed by atoms with Crippen molar-refractivity contribution in [2.75, 3.05) is 0 Å². The molecule has 4 heterocycles. The second-order valence-electron chi connectivity index (χ2n) is 12.5. The summed E-state index contributed by atoms with van der Waals surface area (Å²) in [5.74, 6) is 1.32. The number of nitrogens with one attached hydrogen (secondary N) is 2. The second kappa shape index (κ2) is 12.9. The number of aromatic nitrogens is 4. The second-order valence-corrected chi connectivity index (χ2v) is 15.5. The summed E-state index contributed by atoms with van der Waals surface area (Å²) in [5, 5.41) is 12.4. The average molecular weight is 721 g/mol. The zero-order chi connectivity index (χ0) is 35.2. The Balaban J connectivity index is 0.000000157. The van der Waals surface area contributed by atoms with E-state index in [0.29, 0.717) is 11.5 Å². The first-order valence-electron chi connectivity index (χ1n) is 15.9. The van der Waals surface area contributed by atoms with E-state index in [9.17, 15) is 26.4 Å². The minimum Gasteiger partial charge on any atom is -0.455 e. The number of H-pyrrole nitrogens is 2. The molecule has 0 saturated heterocycles. The Morgan fingerprint density at radius 2 is 0.980 bits per heavy atom. The highest BCUT2D eigenvalue weighted by molar-refractivity contribution is 7.87. The number of rotatable bonds is 8. The normalized spacial score (nSPS) is 15.2. The van der Waals surface area contributed by atoms with E-state index in [1.807, 2.05) is 13.8 Å². The molecule has 14 nitrogen and oxygen atoms in total. The summed E-state index contributed by atoms with van der Waals surface area (Å²) >= 11 is 0. The van der Waals surface area contributed by atoms with Crippen LogP contribution in [0.2, 0.25) is 0 Å². The number of hydrogen-bond acceptors (Lipinski definition) is 12. The van der Waals surface area contributed by atoms with E-state index in [1.165, 1.54) is 24.3 Å². The van der Waals surface area contributed by atoms with Crippen LogP contribution in [0.3, 0.4) is 0 Å². The molecule has 50 heavy (non-hydrogen) atoms. The van der Waals surface area contributed by atoms with Crippen LogP contribution in [0.15, 0.2) is 88.9 Å². The third-order valence-corrected chi connectivity index (χ3v) is 11.4. The van der Waals surface area contributed by atoms with Crippen molar-refractivity contribution in [2.45, 2.75) is 74.0 Å². The standard InChI is InChI=1S/2C17H16N2O5S/c2*1-10-5-7-12(8-6-10)25(21,22)24-17-15-13(16(20)18-19-17)9-14(23-15)11-3-2-4-11/h2*5-9,11H,2-4H2,1H3,(H,18,20). The first-order valence-corrected chi connectivity index (χ1v) is 18.8. The van der Waals surface area contributed by atoms with Crippen molar-refractivity contribution in [3.05, 3.63) is 104 Å². The lowest BCUT2D eigenvalue weighted by Crippen LogP contribution is -2.14. The highest BCUT2D eigenvalue weighted by Gasteiger charge is 2.29. The van der Waals surface area contributed by atoms with Crippen molar-refractivity contribution in [3.8, 4) is 11.8 Å². The van der Waals surface area contributed by atoms with Gasteiger partial charge in [-0.3, -0.25) is 9.59 Å². The molecule has 8 rings (SSSR count). The summed E-state index contributed by atoms with van der Waals surface area (Å²) in [5.41, 5.74) is 1.09. The van der Waals surface area contributed by atoms with Gasteiger partial charge in [0.25, 0.3) is 22.9 Å². The molecule has 260 valence electrons. The lowest BCUT2D eigenvalue weighted by Gasteiger charge is -2.22. The van der Waals surface area contributed by atoms with Gasteiger partial charge in [0.2, 0.25) is 11.2 Å². The Morgan fingerprint density at radius 3 is 1.30 bits per heavy atom. The number of benzene rings is 2. The predicted octanol–water partition coefficient (Wildman–Crippen LogP) is 5.72. The Bertz CT molecular complexity index is 2360. The van der Waals surface area contributed by atoms with Gasteiger partial charge in [-0.05, 0) is 75.9 Å². The molecular weight excluding hydrogens is 689 g/mol. The number of furan rings is 2. The first kappa shape index (κ1) is 33.3. The summed E-state index contributed by atoms with van der Waals surface area (Å²) in [4.78, 5) is 23.9. The molecule has 2 aromatic carbocycles. The quantitative estimate of drug-likeness (QED) is 0.181. The summed E-state index contributed by atoms with van der Waals surface area (Å²) in [6.07, 6.45) is 6.18. The monoisotopic (exact) mass is 720 g/mol. The van der Waals surface area contributed by atoms with Crippen molar-refractivity contribution >= 4 is 42.2 Å². The van der Waals surface area contributed by atoms with Gasteiger partial charge in [-0.15, -0.1) is 10.2 Å². The molecule has 0 aliphatic heterocycles. The van der Waals surface area contributed by atoms with Gasteiger partial charge in [-0.2, -0.15) is 16.8 Å². The molecule has 0 unspecified atom stereocenters. The van der Waals surface area contributed by atoms with Crippen LogP contribution >= 0.6 is 0 Å². The van der Waals surface area contributed by atoms with Crippen LogP contribution < -0.4 is 19.5 Å². The highest BCUT2D eigenvalue weighted by Crippen LogP contribution is 2.41. The van der Waals surface area contributed by atoms with Gasteiger partial charge < -0.3 is 17.2 Å². The van der Waals surface area contributed by atoms with Crippen LogP contribution in [-0.2, 0) is 20.2 Å². The van der Waals surface area contributed by atoms with Gasteiger partial charge in [0.15, 0.2) is 0 Å². The minimum atomic E-state index is -4.08. The average Bonchev–Trinajstić information content (AvgIpc) is 3.66. The molecule has 2 aliphatic rings. The van der Waals surface area contributed by atoms with Gasteiger partial charge in [0.05, 0.1) is 10.8 Å². The topological polar surface area (TPSA) is 205 Å². The zero-order valence-electron chi connectivity index (χ0n) is 27.0. The van der Waals surface area contributed by atoms with E-state index in [-0.39, 0.29) is 55.3 Å². The lowest BCUT2D eigenvalue weighted by atomic mass is 9.83. The fourth-order valence-corrected chi connectivity index (χ4v) is 7.29. The van der Waals surface area contributed by atoms with Crippen LogP contribution in [0.25, 0.3) is 21.9 Å². The maximum absolute atomic E-state index is 12.5. The number of aromatic amines is 2. The maximum atomic E-state index is 12.5. The minimum absolute atomic E-state index is 0.00465. The predicted molar refractivity (Wildman–Crippen MR) is 180 cm³/mol. The molecule has 0 spiro atoms. The third kappa shape index (κ3) is 6.55. The van der Waals surface area contributed by atoms with E-state index in [1.54, 1.807) is 36.4 Å². The van der Waals surface area contributed by atoms with E-state index in [2.05, 4.69) is 20.4 Å². The Hall–Kier alpha value is -5.22. The molecule has 0 amide bonds. The van der Waals surface area contributed by atoms with Crippen molar-refractivity contribution in [1.29, 1.82) is 0 Å². The van der Waals surface area contributed by atoms with Gasteiger partial charge >= 0.3 is 20.2 Å². The fraction of sp³-hybridized carbons (Fsp3) is 0.294. The molecule has 6 aromatic rings. The number of aryl methyl sites for hydroxylation is 2. The van der Waals surface area contributed by atoms with Crippen molar-refractivity contribution in [1.82, 2.24) is 20.4 Å². The molecule has 2 saturated carbocycles. The summed E-state index contributed by atoms with van der Waals surface area (Å²) in [6.45, 7) is 3.71. The molecule has 2 fully saturated rings. The van der Waals surface area contributed by atoms with Crippen LogP contribution in [0, 0.1) is 13.8 Å². The van der Waals surface area contributed by atoms with Gasteiger partial charge in [-0.1, -0.05) is 48.2 Å². The molecule has 2 aliphatic carbocycles. The summed E-state index contributed by atoms with van der Waals surface area (Å²) < 4.78 is 71.5. The third-order valence-electron chi connectivity index (χ3n) is 8.91. The fourth-order valence-electron chi connectivity index (χ4n) is 5.52. The summed E-state index contributed by atoms with van der Waals surface area (Å²) in [6, 6.07) is 15.8. The number of hydrogen-bond donors (Lipinski definition) is 2. The Labute approximate surface area is 285 Å². The molecule has 0 bridgehead atoms. The van der Waals surface area contributed by atoms with Crippen LogP contribution in [0.4, 0.5) is 0 Å². The van der Waals surface area contributed by atoms with Gasteiger partial charge in [0.1, 0.15) is 21.3 Å². The first-order chi connectivity index (χ1) is 23.9. The number of fused-ring (bicyclic) bond motifs is 2. The molecule has 0 radical (unpaired) electrons. The maximum Gasteiger partial charge on any atom is 0.340 e. The SMILES string of the molecule is Cc1ccc(S(=O)(=O)Oc2n[nH]c(=O)c3cc(C4CCC4)oc23)cc1.Cc1ccc(S(=O)(=O)Oc2n[nH]c(=O)c3cc(C4CCC4)oc23)cc1. The Morgan fingerprint density at radius 1 is 0.620 bits per heavy atom. The largest absolute Gasteiger partial charge is 0.455 e. The lowest BCUT2D eigenvalue weighted by molar-refractivity contribution is 0.353. The highest BCUT2D eigenvalue weighted by atomic mass is 32.2. The molecule has 16 heteroatoms. The van der Waals surface area contributed by atoms with Crippen LogP contribution in [0.1, 0.15) is 73.0 Å². The van der Waals surface area contributed by atoms with E-state index in [0.717, 1.165) is 49.7 Å². The molecule has 0 atom stereocenters. The number of nitrogens with zero attached hydrogens (tertiary/aromatic N) is 2. The van der Waals surface area contributed by atoms with Crippen LogP contribution in [0.5, 0.6) is 11.8 Å². The summed E-state index contributed by atoms with van der Waals surface area (Å²) in [7, 11) is -8.16. The van der Waals surface area contributed by atoms with Gasteiger partial charge in [0, 0.05) is 11.8 Å². The zero-order valence-corrected chi connectivity index (χ0v) is 28.6. The van der Waals surface area contributed by atoms with E-state index >= 15 is 0 Å².